The van der Waals surface area contributed by atoms with E-state index in [1.807, 2.05) is 55.5 Å². The standard InChI is InChI=1S/C34H33F3N6O3/c1-33(23-6-3-2-4-7-23)45-28-9-5-8-25(30(28)46-33)21-12-15-42(16-13-21)20-29-38-26-18-22(31-39-32(41-40-31)34(35,36)37)10-11-27(26)43(29)19-24-14-17-44-24/h2-11,18,21,24H,12-17,19-20H2,1H3,(H,39,40,41)/t24-,33?/m0/s1. The molecule has 0 radical (unpaired) electrons. The van der Waals surface area contributed by atoms with Gasteiger partial charge in [0, 0.05) is 30.2 Å². The van der Waals surface area contributed by atoms with Crippen LogP contribution in [0.3, 0.4) is 0 Å². The Kier molecular flexibility index (Phi) is 7.02. The summed E-state index contributed by atoms with van der Waals surface area (Å²) in [5.41, 5.74) is 4.27. The number of rotatable bonds is 7. The van der Waals surface area contributed by atoms with Crippen LogP contribution in [-0.2, 0) is 29.8 Å². The van der Waals surface area contributed by atoms with Crippen molar-refractivity contribution in [3.63, 3.8) is 0 Å². The molecule has 3 aliphatic heterocycles. The number of nitrogens with zero attached hydrogens (tertiary/aromatic N) is 5. The molecule has 9 nitrogen and oxygen atoms in total. The Labute approximate surface area is 263 Å². The van der Waals surface area contributed by atoms with Crippen molar-refractivity contribution in [1.29, 1.82) is 0 Å². The molecule has 2 saturated heterocycles. The van der Waals surface area contributed by atoms with Gasteiger partial charge in [-0.25, -0.2) is 4.98 Å². The van der Waals surface area contributed by atoms with Crippen LogP contribution in [-0.4, -0.2) is 55.4 Å². The SMILES string of the molecule is CC1(c2ccccc2)Oc2cccc(C3CCN(Cc4nc5cc(-c6nnc(C(F)(F)F)[nH]6)ccc5n4C[C@@H]4CCO4)CC3)c2O1. The molecular formula is C34H33F3N6O3. The van der Waals surface area contributed by atoms with Crippen molar-refractivity contribution in [2.24, 2.45) is 0 Å². The molecule has 46 heavy (non-hydrogen) atoms. The van der Waals surface area contributed by atoms with Gasteiger partial charge in [0.05, 0.1) is 30.2 Å². The first-order valence-corrected chi connectivity index (χ1v) is 15.6. The lowest BCUT2D eigenvalue weighted by molar-refractivity contribution is -0.144. The van der Waals surface area contributed by atoms with Gasteiger partial charge in [-0.1, -0.05) is 42.5 Å². The van der Waals surface area contributed by atoms with Crippen LogP contribution in [0, 0.1) is 0 Å². The monoisotopic (exact) mass is 630 g/mol. The van der Waals surface area contributed by atoms with Gasteiger partial charge < -0.3 is 23.8 Å². The van der Waals surface area contributed by atoms with Crippen molar-refractivity contribution < 1.29 is 27.4 Å². The second-order valence-corrected chi connectivity index (χ2v) is 12.4. The molecule has 0 amide bonds. The van der Waals surface area contributed by atoms with Crippen LogP contribution in [0.1, 0.15) is 54.9 Å². The minimum atomic E-state index is -4.59. The number of hydrogen-bond donors (Lipinski definition) is 1. The van der Waals surface area contributed by atoms with Crippen molar-refractivity contribution >= 4 is 11.0 Å². The van der Waals surface area contributed by atoms with E-state index in [1.54, 1.807) is 12.1 Å². The van der Waals surface area contributed by atoms with E-state index >= 15 is 0 Å². The fourth-order valence-electron chi connectivity index (χ4n) is 6.73. The number of imidazole rings is 1. The maximum atomic E-state index is 13.1. The molecule has 2 atom stereocenters. The van der Waals surface area contributed by atoms with Gasteiger partial charge in [0.15, 0.2) is 17.3 Å². The molecule has 5 heterocycles. The van der Waals surface area contributed by atoms with Gasteiger partial charge in [-0.05, 0) is 62.5 Å². The predicted octanol–water partition coefficient (Wildman–Crippen LogP) is 6.65. The van der Waals surface area contributed by atoms with Gasteiger partial charge >= 0.3 is 6.18 Å². The summed E-state index contributed by atoms with van der Waals surface area (Å²) < 4.78 is 60.1. The van der Waals surface area contributed by atoms with E-state index in [4.69, 9.17) is 19.2 Å². The Bertz CT molecular complexity index is 1880. The third-order valence-electron chi connectivity index (χ3n) is 9.34. The summed E-state index contributed by atoms with van der Waals surface area (Å²) in [4.78, 5) is 9.68. The normalized spacial score (nSPS) is 22.0. The number of piperidine rings is 1. The number of fused-ring (bicyclic) bond motifs is 2. The Morgan fingerprint density at radius 1 is 0.957 bits per heavy atom. The number of nitrogens with one attached hydrogen (secondary N) is 1. The number of aromatic amines is 1. The highest BCUT2D eigenvalue weighted by Gasteiger charge is 2.41. The summed E-state index contributed by atoms with van der Waals surface area (Å²) >= 11 is 0. The van der Waals surface area contributed by atoms with Crippen molar-refractivity contribution in [1.82, 2.24) is 29.6 Å². The van der Waals surface area contributed by atoms with Crippen molar-refractivity contribution in [3.05, 3.63) is 89.5 Å². The molecule has 3 aromatic carbocycles. The average Bonchev–Trinajstić information content (AvgIpc) is 3.75. The lowest BCUT2D eigenvalue weighted by atomic mass is 9.88. The largest absolute Gasteiger partial charge is 0.451 e. The van der Waals surface area contributed by atoms with Crippen LogP contribution in [0.15, 0.2) is 66.7 Å². The van der Waals surface area contributed by atoms with Gasteiger partial charge in [0.1, 0.15) is 5.82 Å². The van der Waals surface area contributed by atoms with E-state index in [2.05, 4.69) is 30.7 Å². The molecule has 3 aliphatic rings. The molecule has 238 valence electrons. The Morgan fingerprint density at radius 3 is 2.48 bits per heavy atom. The van der Waals surface area contributed by atoms with E-state index in [1.165, 1.54) is 5.56 Å². The molecule has 1 unspecified atom stereocenters. The predicted molar refractivity (Wildman–Crippen MR) is 163 cm³/mol. The zero-order chi connectivity index (χ0) is 31.5. The smallest absolute Gasteiger partial charge is 0.445 e. The molecule has 0 aliphatic carbocycles. The summed E-state index contributed by atoms with van der Waals surface area (Å²) in [6, 6.07) is 21.6. The Balaban J connectivity index is 1.00. The van der Waals surface area contributed by atoms with Crippen LogP contribution >= 0.6 is 0 Å². The lowest BCUT2D eigenvalue weighted by Crippen LogP contribution is -2.35. The molecule has 0 spiro atoms. The summed E-state index contributed by atoms with van der Waals surface area (Å²) in [5.74, 6) is 0.922. The zero-order valence-corrected chi connectivity index (χ0v) is 25.3. The van der Waals surface area contributed by atoms with E-state index in [9.17, 15) is 13.2 Å². The van der Waals surface area contributed by atoms with Gasteiger partial charge in [0.2, 0.25) is 5.82 Å². The highest BCUT2D eigenvalue weighted by Crippen LogP contribution is 2.49. The molecule has 5 aromatic rings. The lowest BCUT2D eigenvalue weighted by Gasteiger charge is -2.33. The summed E-state index contributed by atoms with van der Waals surface area (Å²) in [7, 11) is 0. The van der Waals surface area contributed by atoms with Crippen molar-refractivity contribution in [2.75, 3.05) is 19.7 Å². The molecule has 1 N–H and O–H groups in total. The van der Waals surface area contributed by atoms with Crippen LogP contribution in [0.2, 0.25) is 0 Å². The second kappa shape index (κ2) is 11.1. The van der Waals surface area contributed by atoms with Gasteiger partial charge in [-0.2, -0.15) is 13.2 Å². The third kappa shape index (κ3) is 5.28. The maximum Gasteiger partial charge on any atom is 0.451 e. The second-order valence-electron chi connectivity index (χ2n) is 12.4. The summed E-state index contributed by atoms with van der Waals surface area (Å²) in [6.45, 7) is 5.82. The van der Waals surface area contributed by atoms with Crippen LogP contribution < -0.4 is 9.47 Å². The number of ether oxygens (including phenoxy) is 3. The van der Waals surface area contributed by atoms with E-state index in [0.29, 0.717) is 30.1 Å². The number of alkyl halides is 3. The fourth-order valence-corrected chi connectivity index (χ4v) is 6.73. The minimum absolute atomic E-state index is 0.0561. The van der Waals surface area contributed by atoms with Gasteiger partial charge in [-0.15, -0.1) is 10.2 Å². The third-order valence-corrected chi connectivity index (χ3v) is 9.34. The van der Waals surface area contributed by atoms with E-state index in [-0.39, 0.29) is 11.9 Å². The summed E-state index contributed by atoms with van der Waals surface area (Å²) in [5, 5.41) is 7.00. The number of H-pyrrole nitrogens is 1. The highest BCUT2D eigenvalue weighted by molar-refractivity contribution is 5.81. The molecule has 12 heteroatoms. The van der Waals surface area contributed by atoms with Crippen molar-refractivity contribution in [3.8, 4) is 22.9 Å². The average molecular weight is 631 g/mol. The molecule has 2 aromatic heterocycles. The molecule has 2 fully saturated rings. The first kappa shape index (κ1) is 29.0. The quantitative estimate of drug-likeness (QED) is 0.215. The Hall–Kier alpha value is -4.42. The number of aromatic nitrogens is 5. The molecule has 0 bridgehead atoms. The fraction of sp³-hybridized carbons (Fsp3) is 0.382. The number of halogens is 3. The number of para-hydroxylation sites is 1. The summed E-state index contributed by atoms with van der Waals surface area (Å²) in [6.07, 6.45) is -1.56. The van der Waals surface area contributed by atoms with Crippen LogP contribution in [0.5, 0.6) is 11.5 Å². The zero-order valence-electron chi connectivity index (χ0n) is 25.3. The number of benzene rings is 3. The number of likely N-dealkylation sites (tertiary alicyclic amines) is 1. The minimum Gasteiger partial charge on any atom is -0.445 e. The first-order chi connectivity index (χ1) is 22.2. The Morgan fingerprint density at radius 2 is 1.76 bits per heavy atom. The first-order valence-electron chi connectivity index (χ1n) is 15.6. The number of hydrogen-bond acceptors (Lipinski definition) is 7. The molecule has 0 saturated carbocycles. The van der Waals surface area contributed by atoms with Crippen LogP contribution in [0.4, 0.5) is 13.2 Å². The van der Waals surface area contributed by atoms with E-state index in [0.717, 1.165) is 67.4 Å². The van der Waals surface area contributed by atoms with Gasteiger partial charge in [-0.3, -0.25) is 4.90 Å². The van der Waals surface area contributed by atoms with Crippen molar-refractivity contribution in [2.45, 2.75) is 63.3 Å². The van der Waals surface area contributed by atoms with Gasteiger partial charge in [0.25, 0.3) is 5.79 Å². The maximum absolute atomic E-state index is 13.1. The van der Waals surface area contributed by atoms with E-state index < -0.39 is 17.8 Å². The van der Waals surface area contributed by atoms with Crippen LogP contribution in [0.25, 0.3) is 22.4 Å². The topological polar surface area (TPSA) is 90.3 Å². The molecule has 8 rings (SSSR count). The highest BCUT2D eigenvalue weighted by atomic mass is 19.4. The molecular weight excluding hydrogens is 597 g/mol.